The van der Waals surface area contributed by atoms with Gasteiger partial charge in [0, 0.05) is 11.8 Å². The Hall–Kier alpha value is -0.290. The molecule has 1 atom stereocenters. The van der Waals surface area contributed by atoms with Crippen LogP contribution in [0.15, 0.2) is 0 Å². The summed E-state index contributed by atoms with van der Waals surface area (Å²) in [5.41, 5.74) is 5.18. The molecule has 1 aliphatic rings. The van der Waals surface area contributed by atoms with Crippen molar-refractivity contribution >= 4 is 34.9 Å². The Kier molecular flexibility index (Phi) is 5.05. The first-order valence-electron chi connectivity index (χ1n) is 5.63. The molecule has 1 fully saturated rings. The number of amides is 1. The smallest absolute Gasteiger partial charge is 0.233 e. The summed E-state index contributed by atoms with van der Waals surface area (Å²) in [6.07, 6.45) is 5.73. The van der Waals surface area contributed by atoms with E-state index in [2.05, 4.69) is 5.32 Å². The molecule has 1 rings (SSSR count). The average Bonchev–Trinajstić information content (AvgIpc) is 2.67. The molecule has 0 saturated heterocycles. The van der Waals surface area contributed by atoms with Gasteiger partial charge in [-0.05, 0) is 26.0 Å². The summed E-state index contributed by atoms with van der Waals surface area (Å²) in [6.45, 7) is 2.01. The quantitative estimate of drug-likeness (QED) is 0.739. The van der Waals surface area contributed by atoms with Crippen molar-refractivity contribution in [1.82, 2.24) is 5.32 Å². The normalized spacial score (nSPS) is 20.4. The fourth-order valence-electron chi connectivity index (χ4n) is 2.22. The molecule has 0 heterocycles. The molecular formula is C11H20N2OS2. The predicted octanol–water partition coefficient (Wildman–Crippen LogP) is 1.70. The van der Waals surface area contributed by atoms with E-state index in [0.29, 0.717) is 4.99 Å². The van der Waals surface area contributed by atoms with Crippen molar-refractivity contribution in [3.63, 3.8) is 0 Å². The van der Waals surface area contributed by atoms with Gasteiger partial charge in [-0.1, -0.05) is 25.1 Å². The van der Waals surface area contributed by atoms with Crippen molar-refractivity contribution in [2.75, 3.05) is 12.0 Å². The van der Waals surface area contributed by atoms with Gasteiger partial charge < -0.3 is 11.1 Å². The first-order chi connectivity index (χ1) is 7.53. The summed E-state index contributed by atoms with van der Waals surface area (Å²) in [5, 5.41) is 3.02. The third kappa shape index (κ3) is 2.88. The van der Waals surface area contributed by atoms with E-state index in [0.717, 1.165) is 31.4 Å². The molecule has 1 saturated carbocycles. The molecule has 92 valence electrons. The first-order valence-corrected chi connectivity index (χ1v) is 7.43. The lowest BCUT2D eigenvalue weighted by Gasteiger charge is -2.28. The second kappa shape index (κ2) is 5.87. The van der Waals surface area contributed by atoms with Crippen LogP contribution in [-0.4, -0.2) is 28.9 Å². The van der Waals surface area contributed by atoms with Crippen LogP contribution in [0.3, 0.4) is 0 Å². The Balaban J connectivity index is 2.66. The Labute approximate surface area is 107 Å². The van der Waals surface area contributed by atoms with Crippen molar-refractivity contribution in [3.8, 4) is 0 Å². The van der Waals surface area contributed by atoms with Crippen molar-refractivity contribution in [2.24, 2.45) is 11.1 Å². The zero-order valence-electron chi connectivity index (χ0n) is 9.91. The standard InChI is InChI=1S/C11H20N2OS2/c1-8(7-16-2)13-10(14)11(9(12)15)5-3-4-6-11/h8H,3-7H2,1-2H3,(H2,12,15)(H,13,14). The van der Waals surface area contributed by atoms with Crippen molar-refractivity contribution in [2.45, 2.75) is 38.6 Å². The number of carbonyl (C=O) groups excluding carboxylic acids is 1. The lowest BCUT2D eigenvalue weighted by atomic mass is 9.85. The summed E-state index contributed by atoms with van der Waals surface area (Å²) in [6, 6.07) is 0.175. The lowest BCUT2D eigenvalue weighted by Crippen LogP contribution is -2.50. The van der Waals surface area contributed by atoms with E-state index in [4.69, 9.17) is 18.0 Å². The highest BCUT2D eigenvalue weighted by molar-refractivity contribution is 7.98. The molecule has 1 unspecified atom stereocenters. The van der Waals surface area contributed by atoms with Crippen LogP contribution in [0.4, 0.5) is 0 Å². The maximum atomic E-state index is 12.2. The second-order valence-corrected chi connectivity index (χ2v) is 5.83. The number of thiocarbonyl (C=S) groups is 1. The van der Waals surface area contributed by atoms with Crippen LogP contribution in [0, 0.1) is 5.41 Å². The molecule has 0 radical (unpaired) electrons. The van der Waals surface area contributed by atoms with Crippen LogP contribution in [0.2, 0.25) is 0 Å². The largest absolute Gasteiger partial charge is 0.392 e. The SMILES string of the molecule is CSCC(C)NC(=O)C1(C(N)=S)CCCC1. The van der Waals surface area contributed by atoms with E-state index in [1.165, 1.54) is 0 Å². The monoisotopic (exact) mass is 260 g/mol. The predicted molar refractivity (Wildman–Crippen MR) is 73.7 cm³/mol. The number of nitrogens with two attached hydrogens (primary N) is 1. The third-order valence-electron chi connectivity index (χ3n) is 3.16. The molecule has 0 aromatic rings. The fraction of sp³-hybridized carbons (Fsp3) is 0.818. The Morgan fingerprint density at radius 3 is 2.56 bits per heavy atom. The van der Waals surface area contributed by atoms with Crippen molar-refractivity contribution in [3.05, 3.63) is 0 Å². The molecule has 0 aliphatic heterocycles. The average molecular weight is 260 g/mol. The van der Waals surface area contributed by atoms with E-state index in [-0.39, 0.29) is 11.9 Å². The topological polar surface area (TPSA) is 55.1 Å². The van der Waals surface area contributed by atoms with Crippen LogP contribution < -0.4 is 11.1 Å². The van der Waals surface area contributed by atoms with E-state index >= 15 is 0 Å². The molecule has 1 amide bonds. The highest BCUT2D eigenvalue weighted by Crippen LogP contribution is 2.38. The number of rotatable bonds is 5. The summed E-state index contributed by atoms with van der Waals surface area (Å²) in [4.78, 5) is 12.6. The maximum absolute atomic E-state index is 12.2. The van der Waals surface area contributed by atoms with Gasteiger partial charge in [0.05, 0.1) is 10.4 Å². The number of thioether (sulfide) groups is 1. The molecule has 5 heteroatoms. The minimum Gasteiger partial charge on any atom is -0.392 e. The summed E-state index contributed by atoms with van der Waals surface area (Å²) >= 11 is 6.80. The Bertz CT molecular complexity index is 275. The number of carbonyl (C=O) groups is 1. The van der Waals surface area contributed by atoms with Crippen molar-refractivity contribution in [1.29, 1.82) is 0 Å². The summed E-state index contributed by atoms with van der Waals surface area (Å²) in [5.74, 6) is 0.943. The van der Waals surface area contributed by atoms with Crippen LogP contribution in [0.5, 0.6) is 0 Å². The van der Waals surface area contributed by atoms with Gasteiger partial charge in [0.1, 0.15) is 0 Å². The van der Waals surface area contributed by atoms with E-state index in [1.54, 1.807) is 11.8 Å². The Morgan fingerprint density at radius 2 is 2.12 bits per heavy atom. The lowest BCUT2D eigenvalue weighted by molar-refractivity contribution is -0.127. The first kappa shape index (κ1) is 13.8. The Morgan fingerprint density at radius 1 is 1.56 bits per heavy atom. The molecule has 0 aromatic heterocycles. The molecule has 0 aromatic carbocycles. The van der Waals surface area contributed by atoms with E-state index in [9.17, 15) is 4.79 Å². The fourth-order valence-corrected chi connectivity index (χ4v) is 3.10. The van der Waals surface area contributed by atoms with Crippen molar-refractivity contribution < 1.29 is 4.79 Å². The molecule has 1 aliphatic carbocycles. The number of hydrogen-bond donors (Lipinski definition) is 2. The zero-order chi connectivity index (χ0) is 12.2. The molecule has 0 spiro atoms. The van der Waals surface area contributed by atoms with E-state index in [1.807, 2.05) is 13.2 Å². The van der Waals surface area contributed by atoms with E-state index < -0.39 is 5.41 Å². The highest BCUT2D eigenvalue weighted by atomic mass is 32.2. The van der Waals surface area contributed by atoms with Crippen LogP contribution >= 0.6 is 24.0 Å². The van der Waals surface area contributed by atoms with Gasteiger partial charge in [-0.25, -0.2) is 0 Å². The third-order valence-corrected chi connectivity index (χ3v) is 4.38. The summed E-state index contributed by atoms with van der Waals surface area (Å²) in [7, 11) is 0. The van der Waals surface area contributed by atoms with Gasteiger partial charge in [-0.2, -0.15) is 11.8 Å². The van der Waals surface area contributed by atoms with Gasteiger partial charge in [0.15, 0.2) is 0 Å². The summed E-state index contributed by atoms with van der Waals surface area (Å²) < 4.78 is 0. The van der Waals surface area contributed by atoms with Crippen LogP contribution in [-0.2, 0) is 4.79 Å². The molecule has 3 N–H and O–H groups in total. The zero-order valence-corrected chi connectivity index (χ0v) is 11.5. The minimum absolute atomic E-state index is 0.0269. The van der Waals surface area contributed by atoms with Crippen LogP contribution in [0.1, 0.15) is 32.6 Å². The molecule has 16 heavy (non-hydrogen) atoms. The minimum atomic E-state index is -0.567. The maximum Gasteiger partial charge on any atom is 0.233 e. The van der Waals surface area contributed by atoms with Crippen LogP contribution in [0.25, 0.3) is 0 Å². The molecule has 3 nitrogen and oxygen atoms in total. The highest BCUT2D eigenvalue weighted by Gasteiger charge is 2.44. The van der Waals surface area contributed by atoms with Gasteiger partial charge >= 0.3 is 0 Å². The van der Waals surface area contributed by atoms with Gasteiger partial charge in [0.25, 0.3) is 0 Å². The van der Waals surface area contributed by atoms with Gasteiger partial charge in [0.2, 0.25) is 5.91 Å². The number of hydrogen-bond acceptors (Lipinski definition) is 3. The molecular weight excluding hydrogens is 240 g/mol. The van der Waals surface area contributed by atoms with Gasteiger partial charge in [-0.15, -0.1) is 0 Å². The number of nitrogens with one attached hydrogen (secondary N) is 1. The van der Waals surface area contributed by atoms with Gasteiger partial charge in [-0.3, -0.25) is 4.79 Å². The molecule has 0 bridgehead atoms. The second-order valence-electron chi connectivity index (χ2n) is 4.48.